The summed E-state index contributed by atoms with van der Waals surface area (Å²) in [6, 6.07) is 3.75. The fourth-order valence-electron chi connectivity index (χ4n) is 3.65. The smallest absolute Gasteiger partial charge is 0.398 e. The normalized spacial score (nSPS) is 11.8. The second kappa shape index (κ2) is 10.2. The van der Waals surface area contributed by atoms with Gasteiger partial charge in [-0.2, -0.15) is 8.78 Å². The van der Waals surface area contributed by atoms with Gasteiger partial charge in [0.25, 0.3) is 0 Å². The van der Waals surface area contributed by atoms with Crippen molar-refractivity contribution in [1.29, 1.82) is 0 Å². The van der Waals surface area contributed by atoms with Gasteiger partial charge in [0.1, 0.15) is 34.8 Å². The number of alkyl halides is 2. The van der Waals surface area contributed by atoms with E-state index in [0.29, 0.717) is 24.3 Å². The van der Waals surface area contributed by atoms with Crippen LogP contribution in [0.1, 0.15) is 18.2 Å². The molecule has 0 N–H and O–H groups in total. The predicted molar refractivity (Wildman–Crippen MR) is 118 cm³/mol. The number of ether oxygens (including phenoxy) is 2. The van der Waals surface area contributed by atoms with E-state index in [1.165, 1.54) is 6.07 Å². The number of benzene rings is 3. The van der Waals surface area contributed by atoms with Crippen LogP contribution in [0.4, 0.5) is 39.5 Å². The lowest BCUT2D eigenvalue weighted by Gasteiger charge is -2.18. The topological polar surface area (TPSA) is 18.5 Å². The maximum absolute atomic E-state index is 14.7. The number of rotatable bonds is 8. The molecule has 1 heterocycles. The number of halogens is 9. The fourth-order valence-corrected chi connectivity index (χ4v) is 4.77. The van der Waals surface area contributed by atoms with Gasteiger partial charge in [-0.3, -0.25) is 0 Å². The van der Waals surface area contributed by atoms with Crippen LogP contribution in [0.25, 0.3) is 21.2 Å². The first-order valence-electron chi connectivity index (χ1n) is 10.6. The summed E-state index contributed by atoms with van der Waals surface area (Å²) in [5, 5.41) is -0.374. The van der Waals surface area contributed by atoms with Crippen LogP contribution in [-0.2, 0) is 6.42 Å². The Bertz CT molecular complexity index is 1440. The van der Waals surface area contributed by atoms with Gasteiger partial charge >= 0.3 is 6.11 Å². The molecule has 0 saturated heterocycles. The van der Waals surface area contributed by atoms with Crippen molar-refractivity contribution in [2.75, 3.05) is 6.61 Å². The Morgan fingerprint density at radius 2 is 1.32 bits per heavy atom. The minimum atomic E-state index is -4.04. The number of aryl methyl sites for hydroxylation is 1. The SMILES string of the molecule is CCOc1cc(F)c2c(F)c(CCC(F)(F)Oc3cc(F)c(-c4cc(F)c(F)c(F)c4)c(F)c3)sc2c1. The quantitative estimate of drug-likeness (QED) is 0.162. The van der Waals surface area contributed by atoms with E-state index in [-0.39, 0.29) is 27.3 Å². The summed E-state index contributed by atoms with van der Waals surface area (Å²) < 4.78 is 137. The van der Waals surface area contributed by atoms with Gasteiger partial charge in [-0.15, -0.1) is 11.3 Å². The van der Waals surface area contributed by atoms with Gasteiger partial charge in [0.05, 0.1) is 24.0 Å². The molecule has 12 heteroatoms. The van der Waals surface area contributed by atoms with Gasteiger partial charge in [0, 0.05) is 27.8 Å². The molecular weight excluding hydrogens is 535 g/mol. The van der Waals surface area contributed by atoms with Gasteiger partial charge in [0.15, 0.2) is 17.5 Å². The zero-order valence-electron chi connectivity index (χ0n) is 18.7. The minimum absolute atomic E-state index is 0.146. The van der Waals surface area contributed by atoms with E-state index >= 15 is 0 Å². The highest BCUT2D eigenvalue weighted by atomic mass is 32.1. The van der Waals surface area contributed by atoms with Gasteiger partial charge in [-0.05, 0) is 37.1 Å². The largest absolute Gasteiger partial charge is 0.494 e. The summed E-state index contributed by atoms with van der Waals surface area (Å²) in [5.74, 6) is -11.0. The Balaban J connectivity index is 1.53. The molecule has 0 unspecified atom stereocenters. The Kier molecular flexibility index (Phi) is 7.31. The first-order chi connectivity index (χ1) is 17.4. The van der Waals surface area contributed by atoms with E-state index in [0.717, 1.165) is 17.4 Å². The summed E-state index contributed by atoms with van der Waals surface area (Å²) in [4.78, 5) is -0.195. The maximum Gasteiger partial charge on any atom is 0.398 e. The molecular formula is C25H15F9O2S. The molecule has 0 fully saturated rings. The van der Waals surface area contributed by atoms with Crippen LogP contribution >= 0.6 is 11.3 Å². The maximum atomic E-state index is 14.7. The molecule has 4 rings (SSSR count). The van der Waals surface area contributed by atoms with Gasteiger partial charge in [-0.1, -0.05) is 0 Å². The third-order valence-corrected chi connectivity index (χ3v) is 6.41. The van der Waals surface area contributed by atoms with E-state index in [4.69, 9.17) is 4.74 Å². The zero-order chi connectivity index (χ0) is 27.1. The van der Waals surface area contributed by atoms with Gasteiger partial charge in [-0.25, -0.2) is 30.7 Å². The van der Waals surface area contributed by atoms with Crippen molar-refractivity contribution in [2.24, 2.45) is 0 Å². The molecule has 0 amide bonds. The van der Waals surface area contributed by atoms with Crippen LogP contribution in [0.3, 0.4) is 0 Å². The first kappa shape index (κ1) is 26.6. The van der Waals surface area contributed by atoms with Crippen LogP contribution in [0, 0.1) is 40.7 Å². The van der Waals surface area contributed by atoms with E-state index in [1.807, 2.05) is 0 Å². The lowest BCUT2D eigenvalue weighted by Crippen LogP contribution is -2.25. The molecule has 196 valence electrons. The lowest BCUT2D eigenvalue weighted by atomic mass is 10.0. The first-order valence-corrected chi connectivity index (χ1v) is 11.5. The molecule has 0 aliphatic carbocycles. The Hall–Kier alpha value is -3.41. The standard InChI is InChI=1S/C25H15F9O2S/c1-2-35-12-7-16(28)22-20(10-12)37-19(24(22)32)3-4-25(33,34)36-13-8-14(26)21(15(27)9-13)11-5-17(29)23(31)18(30)6-11/h5-10H,2-4H2,1H3. The van der Waals surface area contributed by atoms with E-state index in [9.17, 15) is 39.5 Å². The second-order valence-electron chi connectivity index (χ2n) is 7.81. The fraction of sp³-hybridized carbons (Fsp3) is 0.200. The zero-order valence-corrected chi connectivity index (χ0v) is 19.5. The van der Waals surface area contributed by atoms with Crippen molar-refractivity contribution < 1.29 is 49.0 Å². The summed E-state index contributed by atoms with van der Waals surface area (Å²) in [7, 11) is 0. The lowest BCUT2D eigenvalue weighted by molar-refractivity contribution is -0.180. The predicted octanol–water partition coefficient (Wildman–Crippen LogP) is 8.55. The molecule has 1 aromatic heterocycles. The monoisotopic (exact) mass is 550 g/mol. The van der Waals surface area contributed by atoms with Crippen LogP contribution in [0.15, 0.2) is 36.4 Å². The molecule has 2 nitrogen and oxygen atoms in total. The number of thiophene rings is 1. The van der Waals surface area contributed by atoms with Crippen molar-refractivity contribution in [1.82, 2.24) is 0 Å². The molecule has 37 heavy (non-hydrogen) atoms. The van der Waals surface area contributed by atoms with E-state index in [2.05, 4.69) is 4.74 Å². The molecule has 4 aromatic rings. The third-order valence-electron chi connectivity index (χ3n) is 5.23. The summed E-state index contributed by atoms with van der Waals surface area (Å²) in [6.07, 6.45) is -5.76. The molecule has 0 radical (unpaired) electrons. The van der Waals surface area contributed by atoms with Crippen LogP contribution in [-0.4, -0.2) is 12.7 Å². The second-order valence-corrected chi connectivity index (χ2v) is 8.94. The number of hydrogen-bond donors (Lipinski definition) is 0. The Morgan fingerprint density at radius 3 is 1.92 bits per heavy atom. The number of fused-ring (bicyclic) bond motifs is 1. The van der Waals surface area contributed by atoms with Crippen molar-refractivity contribution in [3.8, 4) is 22.6 Å². The average molecular weight is 550 g/mol. The summed E-state index contributed by atoms with van der Waals surface area (Å²) >= 11 is 0.741. The molecule has 0 saturated carbocycles. The third kappa shape index (κ3) is 5.48. The Morgan fingerprint density at radius 1 is 0.730 bits per heavy atom. The molecule has 0 aliphatic rings. The molecule has 3 aromatic carbocycles. The van der Waals surface area contributed by atoms with E-state index < -0.39 is 76.5 Å². The average Bonchev–Trinajstić information content (AvgIpc) is 3.11. The van der Waals surface area contributed by atoms with Crippen molar-refractivity contribution >= 4 is 21.4 Å². The number of hydrogen-bond acceptors (Lipinski definition) is 3. The highest BCUT2D eigenvalue weighted by molar-refractivity contribution is 7.19. The Labute approximate surface area is 207 Å². The highest BCUT2D eigenvalue weighted by Gasteiger charge is 2.33. The van der Waals surface area contributed by atoms with Crippen molar-refractivity contribution in [3.05, 3.63) is 82.0 Å². The van der Waals surface area contributed by atoms with Gasteiger partial charge in [0.2, 0.25) is 0 Å². The minimum Gasteiger partial charge on any atom is -0.494 e. The van der Waals surface area contributed by atoms with Crippen molar-refractivity contribution in [3.63, 3.8) is 0 Å². The molecule has 0 bridgehead atoms. The van der Waals surface area contributed by atoms with Crippen molar-refractivity contribution in [2.45, 2.75) is 25.9 Å². The van der Waals surface area contributed by atoms with Crippen LogP contribution < -0.4 is 9.47 Å². The van der Waals surface area contributed by atoms with Crippen LogP contribution in [0.5, 0.6) is 11.5 Å². The molecule has 0 aliphatic heterocycles. The molecule has 0 spiro atoms. The van der Waals surface area contributed by atoms with Gasteiger partial charge < -0.3 is 9.47 Å². The van der Waals surface area contributed by atoms with Crippen LogP contribution in [0.2, 0.25) is 0 Å². The molecule has 0 atom stereocenters. The highest BCUT2D eigenvalue weighted by Crippen LogP contribution is 2.38. The summed E-state index contributed by atoms with van der Waals surface area (Å²) in [5.41, 5.74) is -1.70. The summed E-state index contributed by atoms with van der Waals surface area (Å²) in [6.45, 7) is 1.90. The van der Waals surface area contributed by atoms with E-state index in [1.54, 1.807) is 6.92 Å².